The van der Waals surface area contributed by atoms with Crippen LogP contribution in [0, 0.1) is 5.82 Å². The van der Waals surface area contributed by atoms with Crippen molar-refractivity contribution in [3.05, 3.63) is 67.3 Å². The second-order valence-corrected chi connectivity index (χ2v) is 6.39. The lowest BCUT2D eigenvalue weighted by Gasteiger charge is -2.15. The molecule has 5 heteroatoms. The molecule has 0 spiro atoms. The van der Waals surface area contributed by atoms with Crippen molar-refractivity contribution in [1.82, 2.24) is 0 Å². The lowest BCUT2D eigenvalue weighted by atomic mass is 9.99. The van der Waals surface area contributed by atoms with Gasteiger partial charge in [0.15, 0.2) is 0 Å². The predicted molar refractivity (Wildman–Crippen MR) is 83.9 cm³/mol. The summed E-state index contributed by atoms with van der Waals surface area (Å²) in [5, 5.41) is 0.531. The van der Waals surface area contributed by atoms with Crippen molar-refractivity contribution in [3.63, 3.8) is 0 Å². The van der Waals surface area contributed by atoms with E-state index >= 15 is 0 Å². The second kappa shape index (κ2) is 6.35. The third kappa shape index (κ3) is 3.78. The Morgan fingerprint density at radius 2 is 1.89 bits per heavy atom. The quantitative estimate of drug-likeness (QED) is 0.739. The van der Waals surface area contributed by atoms with E-state index < -0.39 is 0 Å². The van der Waals surface area contributed by atoms with Gasteiger partial charge in [-0.1, -0.05) is 43.5 Å². The largest absolute Gasteiger partial charge is 0.324 e. The summed E-state index contributed by atoms with van der Waals surface area (Å²) in [7, 11) is 0. The molecule has 0 aliphatic carbocycles. The Labute approximate surface area is 133 Å². The van der Waals surface area contributed by atoms with Crippen molar-refractivity contribution in [3.8, 4) is 0 Å². The number of hydrogen-bond acceptors (Lipinski definition) is 1. The molecule has 0 aliphatic heterocycles. The average molecular weight is 408 g/mol. The molecule has 19 heavy (non-hydrogen) atoms. The summed E-state index contributed by atoms with van der Waals surface area (Å²) in [4.78, 5) is 0. The van der Waals surface area contributed by atoms with Crippen molar-refractivity contribution < 1.29 is 4.39 Å². The molecule has 0 bridgehead atoms. The lowest BCUT2D eigenvalue weighted by Crippen LogP contribution is -2.14. The molecule has 0 amide bonds. The molecule has 0 heterocycles. The maximum absolute atomic E-state index is 13.2. The van der Waals surface area contributed by atoms with Gasteiger partial charge < -0.3 is 5.73 Å². The van der Waals surface area contributed by atoms with Crippen molar-refractivity contribution in [1.29, 1.82) is 0 Å². The topological polar surface area (TPSA) is 26.0 Å². The first kappa shape index (κ1) is 15.0. The van der Waals surface area contributed by atoms with E-state index in [1.165, 1.54) is 12.1 Å². The predicted octanol–water partition coefficient (Wildman–Crippen LogP) is 5.25. The summed E-state index contributed by atoms with van der Waals surface area (Å²) in [6, 6.07) is 9.85. The summed E-state index contributed by atoms with van der Waals surface area (Å²) < 4.78 is 15.1. The van der Waals surface area contributed by atoms with E-state index in [1.54, 1.807) is 6.07 Å². The molecule has 2 rings (SSSR count). The van der Waals surface area contributed by atoms with Gasteiger partial charge in [-0.15, -0.1) is 0 Å². The Balaban J connectivity index is 2.27. The van der Waals surface area contributed by atoms with Crippen LogP contribution in [0.5, 0.6) is 0 Å². The molecule has 100 valence electrons. The molecular formula is C14H11Br2ClFN. The van der Waals surface area contributed by atoms with E-state index in [0.717, 1.165) is 14.5 Å². The molecule has 0 aliphatic rings. The molecule has 1 atom stereocenters. The van der Waals surface area contributed by atoms with Crippen LogP contribution >= 0.6 is 43.5 Å². The highest BCUT2D eigenvalue weighted by atomic mass is 79.9. The first-order valence-corrected chi connectivity index (χ1v) is 7.58. The fraction of sp³-hybridized carbons (Fsp3) is 0.143. The van der Waals surface area contributed by atoms with Crippen molar-refractivity contribution in [2.45, 2.75) is 12.5 Å². The zero-order chi connectivity index (χ0) is 14.0. The Kier molecular flexibility index (Phi) is 5.01. The fourth-order valence-corrected chi connectivity index (χ4v) is 2.96. The van der Waals surface area contributed by atoms with Crippen LogP contribution in [0.3, 0.4) is 0 Å². The molecule has 2 aromatic rings. The van der Waals surface area contributed by atoms with Gasteiger partial charge in [0.2, 0.25) is 0 Å². The Bertz CT molecular complexity index is 604. The minimum Gasteiger partial charge on any atom is -0.324 e. The van der Waals surface area contributed by atoms with Crippen LogP contribution in [0.15, 0.2) is 45.3 Å². The maximum atomic E-state index is 13.2. The number of rotatable bonds is 3. The number of halogens is 4. The highest BCUT2D eigenvalue weighted by Gasteiger charge is 2.13. The lowest BCUT2D eigenvalue weighted by molar-refractivity contribution is 0.622. The Morgan fingerprint density at radius 1 is 1.16 bits per heavy atom. The van der Waals surface area contributed by atoms with Gasteiger partial charge in [0.25, 0.3) is 0 Å². The monoisotopic (exact) mass is 405 g/mol. The van der Waals surface area contributed by atoms with E-state index in [2.05, 4.69) is 31.9 Å². The van der Waals surface area contributed by atoms with Crippen LogP contribution in [-0.4, -0.2) is 0 Å². The number of nitrogens with two attached hydrogens (primary N) is 1. The van der Waals surface area contributed by atoms with Crippen LogP contribution in [-0.2, 0) is 6.42 Å². The summed E-state index contributed by atoms with van der Waals surface area (Å²) in [6.45, 7) is 0. The molecule has 0 aromatic heterocycles. The van der Waals surface area contributed by atoms with E-state index in [-0.39, 0.29) is 11.9 Å². The third-order valence-corrected chi connectivity index (χ3v) is 4.39. The minimum atomic E-state index is -0.306. The van der Waals surface area contributed by atoms with Crippen molar-refractivity contribution >= 4 is 43.5 Å². The molecule has 0 saturated carbocycles. The van der Waals surface area contributed by atoms with Gasteiger partial charge in [-0.05, 0) is 53.9 Å². The van der Waals surface area contributed by atoms with Gasteiger partial charge in [0.1, 0.15) is 5.82 Å². The van der Waals surface area contributed by atoms with E-state index in [0.29, 0.717) is 17.0 Å². The van der Waals surface area contributed by atoms with Crippen LogP contribution < -0.4 is 5.73 Å². The van der Waals surface area contributed by atoms with Gasteiger partial charge in [-0.25, -0.2) is 4.39 Å². The summed E-state index contributed by atoms with van der Waals surface area (Å²) in [6.07, 6.45) is 0.478. The van der Waals surface area contributed by atoms with Crippen LogP contribution in [0.2, 0.25) is 5.02 Å². The van der Waals surface area contributed by atoms with Crippen molar-refractivity contribution in [2.24, 2.45) is 5.73 Å². The second-order valence-electron chi connectivity index (χ2n) is 4.21. The maximum Gasteiger partial charge on any atom is 0.123 e. The molecule has 1 nitrogen and oxygen atoms in total. The molecule has 0 radical (unpaired) electrons. The van der Waals surface area contributed by atoms with Gasteiger partial charge in [0, 0.05) is 20.0 Å². The van der Waals surface area contributed by atoms with Crippen LogP contribution in [0.4, 0.5) is 4.39 Å². The molecular weight excluding hydrogens is 396 g/mol. The van der Waals surface area contributed by atoms with Crippen LogP contribution in [0.25, 0.3) is 0 Å². The summed E-state index contributed by atoms with van der Waals surface area (Å²) in [5.41, 5.74) is 7.85. The van der Waals surface area contributed by atoms with Gasteiger partial charge in [0.05, 0.1) is 0 Å². The Morgan fingerprint density at radius 3 is 2.63 bits per heavy atom. The zero-order valence-electron chi connectivity index (χ0n) is 9.84. The SMILES string of the molecule is NC(Cc1cc(F)ccc1Cl)c1cc(Br)ccc1Br. The number of benzene rings is 2. The van der Waals surface area contributed by atoms with Gasteiger partial charge in [-0.2, -0.15) is 0 Å². The number of hydrogen-bond donors (Lipinski definition) is 1. The van der Waals surface area contributed by atoms with Crippen LogP contribution in [0.1, 0.15) is 17.2 Å². The summed E-state index contributed by atoms with van der Waals surface area (Å²) in [5.74, 6) is -0.306. The molecule has 1 unspecified atom stereocenters. The van der Waals surface area contributed by atoms with E-state index in [9.17, 15) is 4.39 Å². The molecule has 2 N–H and O–H groups in total. The fourth-order valence-electron chi connectivity index (χ4n) is 1.85. The van der Waals surface area contributed by atoms with E-state index in [4.69, 9.17) is 17.3 Å². The third-order valence-electron chi connectivity index (χ3n) is 2.81. The summed E-state index contributed by atoms with van der Waals surface area (Å²) >= 11 is 12.9. The smallest absolute Gasteiger partial charge is 0.123 e. The average Bonchev–Trinajstić information content (AvgIpc) is 2.36. The van der Waals surface area contributed by atoms with Gasteiger partial charge in [-0.3, -0.25) is 0 Å². The molecule has 0 fully saturated rings. The van der Waals surface area contributed by atoms with Crippen molar-refractivity contribution in [2.75, 3.05) is 0 Å². The first-order chi connectivity index (χ1) is 8.97. The standard InChI is InChI=1S/C14H11Br2ClFN/c15-9-1-3-12(16)11(7-9)14(19)6-8-5-10(18)2-4-13(8)17/h1-5,7,14H,6,19H2. The molecule has 2 aromatic carbocycles. The normalized spacial score (nSPS) is 12.5. The highest BCUT2D eigenvalue weighted by Crippen LogP contribution is 2.29. The van der Waals surface area contributed by atoms with Gasteiger partial charge >= 0.3 is 0 Å². The molecule has 0 saturated heterocycles. The Hall–Kier alpha value is -0.420. The minimum absolute atomic E-state index is 0.258. The first-order valence-electron chi connectivity index (χ1n) is 5.62. The highest BCUT2D eigenvalue weighted by molar-refractivity contribution is 9.11. The zero-order valence-corrected chi connectivity index (χ0v) is 13.8. The van der Waals surface area contributed by atoms with E-state index in [1.807, 2.05) is 18.2 Å².